The molecular formula is C16H19NO4. The second-order valence-electron chi connectivity index (χ2n) is 5.82. The van der Waals surface area contributed by atoms with Gasteiger partial charge in [-0.25, -0.2) is 4.79 Å². The normalized spacial score (nSPS) is 17.4. The van der Waals surface area contributed by atoms with E-state index < -0.39 is 11.6 Å². The molecule has 0 bridgehead atoms. The maximum absolute atomic E-state index is 10.9. The standard InChI is InChI=1S/C16H19NO4/c18-15(19)14-8-12-7-11(3-4-13(12)21-14)9-17-10-16(20)5-1-2-6-16/h3-4,7-8,17,20H,1-2,5-6,9-10H2,(H,18,19). The van der Waals surface area contributed by atoms with Gasteiger partial charge in [-0.3, -0.25) is 0 Å². The number of fused-ring (bicyclic) bond motifs is 1. The van der Waals surface area contributed by atoms with Gasteiger partial charge in [0, 0.05) is 18.5 Å². The summed E-state index contributed by atoms with van der Waals surface area (Å²) in [4.78, 5) is 10.9. The van der Waals surface area contributed by atoms with Crippen LogP contribution >= 0.6 is 0 Å². The Labute approximate surface area is 122 Å². The van der Waals surface area contributed by atoms with Crippen LogP contribution in [-0.2, 0) is 6.54 Å². The van der Waals surface area contributed by atoms with Gasteiger partial charge in [0.2, 0.25) is 5.76 Å². The molecule has 0 saturated heterocycles. The summed E-state index contributed by atoms with van der Waals surface area (Å²) in [5, 5.41) is 23.2. The summed E-state index contributed by atoms with van der Waals surface area (Å²) in [6, 6.07) is 7.13. The molecule has 1 aliphatic carbocycles. The molecule has 1 aliphatic rings. The van der Waals surface area contributed by atoms with Gasteiger partial charge in [-0.2, -0.15) is 0 Å². The molecule has 0 amide bonds. The van der Waals surface area contributed by atoms with Gasteiger partial charge in [0.05, 0.1) is 5.60 Å². The number of carboxylic acids is 1. The summed E-state index contributed by atoms with van der Waals surface area (Å²) in [5.74, 6) is -1.11. The van der Waals surface area contributed by atoms with Gasteiger partial charge in [-0.1, -0.05) is 18.9 Å². The van der Waals surface area contributed by atoms with Crippen molar-refractivity contribution in [2.45, 2.75) is 37.8 Å². The first-order valence-corrected chi connectivity index (χ1v) is 7.25. The Hall–Kier alpha value is -1.85. The summed E-state index contributed by atoms with van der Waals surface area (Å²) < 4.78 is 5.23. The van der Waals surface area contributed by atoms with E-state index in [4.69, 9.17) is 9.52 Å². The zero-order valence-electron chi connectivity index (χ0n) is 11.8. The van der Waals surface area contributed by atoms with Crippen molar-refractivity contribution in [1.29, 1.82) is 0 Å². The van der Waals surface area contributed by atoms with E-state index in [1.165, 1.54) is 6.07 Å². The molecule has 1 fully saturated rings. The Kier molecular flexibility index (Phi) is 3.69. The monoisotopic (exact) mass is 289 g/mol. The average molecular weight is 289 g/mol. The Balaban J connectivity index is 1.65. The molecule has 3 rings (SSSR count). The summed E-state index contributed by atoms with van der Waals surface area (Å²) in [6.45, 7) is 1.24. The van der Waals surface area contributed by atoms with E-state index in [9.17, 15) is 9.90 Å². The molecular weight excluding hydrogens is 270 g/mol. The Morgan fingerprint density at radius 2 is 2.05 bits per heavy atom. The maximum atomic E-state index is 10.9. The van der Waals surface area contributed by atoms with Crippen molar-refractivity contribution in [3.8, 4) is 0 Å². The second-order valence-corrected chi connectivity index (χ2v) is 5.82. The van der Waals surface area contributed by atoms with Gasteiger partial charge in [0.1, 0.15) is 5.58 Å². The van der Waals surface area contributed by atoms with E-state index in [2.05, 4.69) is 5.32 Å². The lowest BCUT2D eigenvalue weighted by molar-refractivity contribution is 0.0474. The van der Waals surface area contributed by atoms with E-state index in [0.29, 0.717) is 18.7 Å². The lowest BCUT2D eigenvalue weighted by Gasteiger charge is -2.22. The van der Waals surface area contributed by atoms with E-state index >= 15 is 0 Å². The van der Waals surface area contributed by atoms with Gasteiger partial charge in [-0.15, -0.1) is 0 Å². The molecule has 1 aromatic heterocycles. The predicted octanol–water partition coefficient (Wildman–Crippen LogP) is 2.53. The van der Waals surface area contributed by atoms with Crippen molar-refractivity contribution in [3.05, 3.63) is 35.6 Å². The number of carbonyl (C=O) groups is 1. The summed E-state index contributed by atoms with van der Waals surface area (Å²) in [7, 11) is 0. The smallest absolute Gasteiger partial charge is 0.371 e. The van der Waals surface area contributed by atoms with Crippen LogP contribution in [0.1, 0.15) is 41.8 Å². The minimum Gasteiger partial charge on any atom is -0.475 e. The molecule has 0 atom stereocenters. The molecule has 0 aliphatic heterocycles. The number of carboxylic acid groups (broad SMARTS) is 1. The molecule has 3 N–H and O–H groups in total. The maximum Gasteiger partial charge on any atom is 0.371 e. The molecule has 1 saturated carbocycles. The van der Waals surface area contributed by atoms with Gasteiger partial charge >= 0.3 is 5.97 Å². The van der Waals surface area contributed by atoms with Crippen molar-refractivity contribution in [3.63, 3.8) is 0 Å². The largest absolute Gasteiger partial charge is 0.475 e. The van der Waals surface area contributed by atoms with Gasteiger partial charge in [0.15, 0.2) is 0 Å². The van der Waals surface area contributed by atoms with E-state index in [0.717, 1.165) is 36.6 Å². The number of rotatable bonds is 5. The predicted molar refractivity (Wildman–Crippen MR) is 78.3 cm³/mol. The molecule has 0 unspecified atom stereocenters. The lowest BCUT2D eigenvalue weighted by atomic mass is 10.0. The van der Waals surface area contributed by atoms with E-state index in [1.807, 2.05) is 12.1 Å². The fraction of sp³-hybridized carbons (Fsp3) is 0.438. The molecule has 112 valence electrons. The fourth-order valence-corrected chi connectivity index (χ4v) is 2.96. The van der Waals surface area contributed by atoms with Crippen molar-refractivity contribution >= 4 is 16.9 Å². The SMILES string of the molecule is O=C(O)c1cc2cc(CNCC3(O)CCCC3)ccc2o1. The Morgan fingerprint density at radius 3 is 2.76 bits per heavy atom. The Morgan fingerprint density at radius 1 is 1.29 bits per heavy atom. The molecule has 0 radical (unpaired) electrons. The minimum atomic E-state index is -1.06. The van der Waals surface area contributed by atoms with Crippen LogP contribution in [0.3, 0.4) is 0 Å². The highest BCUT2D eigenvalue weighted by Crippen LogP contribution is 2.28. The average Bonchev–Trinajstić information content (AvgIpc) is 3.05. The molecule has 0 spiro atoms. The third kappa shape index (κ3) is 3.09. The van der Waals surface area contributed by atoms with Crippen molar-refractivity contribution in [2.75, 3.05) is 6.54 Å². The first-order chi connectivity index (χ1) is 10.1. The highest BCUT2D eigenvalue weighted by Gasteiger charge is 2.30. The van der Waals surface area contributed by atoms with Crippen molar-refractivity contribution < 1.29 is 19.4 Å². The lowest BCUT2D eigenvalue weighted by Crippen LogP contribution is -2.37. The van der Waals surface area contributed by atoms with Gasteiger partial charge in [-0.05, 0) is 36.6 Å². The summed E-state index contributed by atoms with van der Waals surface area (Å²) >= 11 is 0. The van der Waals surface area contributed by atoms with Crippen molar-refractivity contribution in [2.24, 2.45) is 0 Å². The van der Waals surface area contributed by atoms with Crippen LogP contribution in [-0.4, -0.2) is 28.3 Å². The molecule has 21 heavy (non-hydrogen) atoms. The van der Waals surface area contributed by atoms with Crippen LogP contribution in [0.4, 0.5) is 0 Å². The second kappa shape index (κ2) is 5.50. The van der Waals surface area contributed by atoms with Crippen molar-refractivity contribution in [1.82, 2.24) is 5.32 Å². The third-order valence-corrected chi connectivity index (χ3v) is 4.11. The Bertz CT molecular complexity index is 655. The highest BCUT2D eigenvalue weighted by atomic mass is 16.4. The third-order valence-electron chi connectivity index (χ3n) is 4.11. The van der Waals surface area contributed by atoms with E-state index in [1.54, 1.807) is 6.07 Å². The molecule has 1 aromatic carbocycles. The highest BCUT2D eigenvalue weighted by molar-refractivity contribution is 5.91. The van der Waals surface area contributed by atoms with Crippen LogP contribution in [0.25, 0.3) is 11.0 Å². The number of hydrogen-bond acceptors (Lipinski definition) is 4. The quantitative estimate of drug-likeness (QED) is 0.788. The number of benzene rings is 1. The number of furan rings is 1. The summed E-state index contributed by atoms with van der Waals surface area (Å²) in [5.41, 5.74) is 1.06. The van der Waals surface area contributed by atoms with Crippen LogP contribution in [0.5, 0.6) is 0 Å². The van der Waals surface area contributed by atoms with Crippen LogP contribution in [0.2, 0.25) is 0 Å². The first-order valence-electron chi connectivity index (χ1n) is 7.25. The van der Waals surface area contributed by atoms with Gasteiger partial charge in [0.25, 0.3) is 0 Å². The fourth-order valence-electron chi connectivity index (χ4n) is 2.96. The molecule has 5 nitrogen and oxygen atoms in total. The molecule has 1 heterocycles. The molecule has 2 aromatic rings. The minimum absolute atomic E-state index is 0.0459. The topological polar surface area (TPSA) is 82.7 Å². The first kappa shape index (κ1) is 14.1. The number of hydrogen-bond donors (Lipinski definition) is 3. The number of aliphatic hydroxyl groups is 1. The van der Waals surface area contributed by atoms with Crippen LogP contribution < -0.4 is 5.32 Å². The van der Waals surface area contributed by atoms with E-state index in [-0.39, 0.29) is 5.76 Å². The summed E-state index contributed by atoms with van der Waals surface area (Å²) in [6.07, 6.45) is 3.92. The van der Waals surface area contributed by atoms with Crippen LogP contribution in [0, 0.1) is 0 Å². The zero-order chi connectivity index (χ0) is 14.9. The number of aromatic carboxylic acids is 1. The number of nitrogens with one attached hydrogen (secondary N) is 1. The van der Waals surface area contributed by atoms with Crippen LogP contribution in [0.15, 0.2) is 28.7 Å². The zero-order valence-corrected chi connectivity index (χ0v) is 11.8. The molecule has 5 heteroatoms. The van der Waals surface area contributed by atoms with Gasteiger partial charge < -0.3 is 19.9 Å².